The maximum Gasteiger partial charge on any atom is 0.263 e. The summed E-state index contributed by atoms with van der Waals surface area (Å²) in [4.78, 5) is 17.7. The summed E-state index contributed by atoms with van der Waals surface area (Å²) in [6, 6.07) is 12.9. The minimum absolute atomic E-state index is 0.176. The van der Waals surface area contributed by atoms with Crippen molar-refractivity contribution in [3.63, 3.8) is 0 Å². The Hall–Kier alpha value is -2.38. The van der Waals surface area contributed by atoms with Gasteiger partial charge in [0, 0.05) is 10.6 Å². The molecule has 8 heteroatoms. The van der Waals surface area contributed by atoms with Crippen LogP contribution in [0.15, 0.2) is 58.4 Å². The quantitative estimate of drug-likeness (QED) is 0.728. The molecule has 3 rings (SSSR count). The van der Waals surface area contributed by atoms with E-state index in [1.165, 1.54) is 6.07 Å². The van der Waals surface area contributed by atoms with Crippen molar-refractivity contribution in [1.29, 1.82) is 0 Å². The molecule has 0 saturated carbocycles. The van der Waals surface area contributed by atoms with Crippen LogP contribution < -0.4 is 10.0 Å². The normalized spacial score (nSPS) is 18.2. The van der Waals surface area contributed by atoms with Crippen LogP contribution in [0, 0.1) is 5.92 Å². The number of halogens is 1. The van der Waals surface area contributed by atoms with Crippen LogP contribution in [0.2, 0.25) is 5.02 Å². The molecule has 0 bridgehead atoms. The van der Waals surface area contributed by atoms with E-state index in [0.29, 0.717) is 17.0 Å². The topological polar surface area (TPSA) is 87.6 Å². The number of carbonyl (C=O) groups excluding carboxylic acids is 1. The van der Waals surface area contributed by atoms with E-state index in [2.05, 4.69) is 15.0 Å². The number of carbonyl (C=O) groups is 1. The van der Waals surface area contributed by atoms with Crippen LogP contribution in [0.1, 0.15) is 44.4 Å². The van der Waals surface area contributed by atoms with E-state index < -0.39 is 16.1 Å². The summed E-state index contributed by atoms with van der Waals surface area (Å²) < 4.78 is 27.1. The molecular weight excluding hydrogens is 410 g/mol. The van der Waals surface area contributed by atoms with Crippen molar-refractivity contribution in [2.75, 3.05) is 0 Å². The van der Waals surface area contributed by atoms with Crippen molar-refractivity contribution in [3.8, 4) is 0 Å². The lowest BCUT2D eigenvalue weighted by Crippen LogP contribution is -2.37. The third kappa shape index (κ3) is 4.97. The molecule has 1 aliphatic heterocycles. The van der Waals surface area contributed by atoms with Crippen LogP contribution in [0.25, 0.3) is 0 Å². The van der Waals surface area contributed by atoms with Gasteiger partial charge in [-0.2, -0.15) is 0 Å². The van der Waals surface area contributed by atoms with Crippen LogP contribution in [0.5, 0.6) is 0 Å². The van der Waals surface area contributed by atoms with Crippen LogP contribution in [0.3, 0.4) is 0 Å². The monoisotopic (exact) mass is 433 g/mol. The summed E-state index contributed by atoms with van der Waals surface area (Å²) in [5.74, 6) is 0.142. The summed E-state index contributed by atoms with van der Waals surface area (Å²) in [6.07, 6.45) is 0.488. The van der Waals surface area contributed by atoms with Crippen molar-refractivity contribution < 1.29 is 13.2 Å². The van der Waals surface area contributed by atoms with E-state index in [0.717, 1.165) is 5.56 Å². The fourth-order valence-corrected chi connectivity index (χ4v) is 4.66. The molecule has 0 aromatic heterocycles. The first-order valence-corrected chi connectivity index (χ1v) is 11.3. The van der Waals surface area contributed by atoms with Crippen molar-refractivity contribution >= 4 is 33.4 Å². The molecular formula is C21H24ClN3O3S. The molecule has 0 saturated heterocycles. The maximum atomic E-state index is 13.0. The Labute approximate surface area is 176 Å². The molecule has 1 aliphatic rings. The molecule has 0 aliphatic carbocycles. The lowest BCUT2D eigenvalue weighted by molar-refractivity contribution is -0.123. The van der Waals surface area contributed by atoms with Crippen LogP contribution in [0.4, 0.5) is 0 Å². The van der Waals surface area contributed by atoms with Gasteiger partial charge in [0.1, 0.15) is 11.9 Å². The molecule has 2 unspecified atom stereocenters. The molecule has 1 amide bonds. The first kappa shape index (κ1) is 21.3. The minimum Gasteiger partial charge on any atom is -0.348 e. The van der Waals surface area contributed by atoms with Gasteiger partial charge in [-0.15, -0.1) is 0 Å². The molecule has 0 radical (unpaired) electrons. The highest BCUT2D eigenvalue weighted by atomic mass is 35.5. The Bertz CT molecular complexity index is 1050. The Morgan fingerprint density at radius 1 is 1.14 bits per heavy atom. The standard InChI is InChI=1S/C21H24ClN3O3S/c1-13(2)11-18(21(26)23-14(3)15-7-6-8-16(22)12-15)24-20-17-9-4-5-10-19(17)29(27,28)25-20/h4-10,12-14,18H,11H2,1-3H3,(H,23,26)(H,24,25). The summed E-state index contributed by atoms with van der Waals surface area (Å²) in [7, 11) is -3.65. The number of hydrogen-bond acceptors (Lipinski definition) is 4. The Morgan fingerprint density at radius 3 is 2.55 bits per heavy atom. The largest absolute Gasteiger partial charge is 0.348 e. The van der Waals surface area contributed by atoms with Crippen LogP contribution in [-0.4, -0.2) is 26.2 Å². The zero-order valence-electron chi connectivity index (χ0n) is 16.5. The average Bonchev–Trinajstić information content (AvgIpc) is 2.91. The van der Waals surface area contributed by atoms with Gasteiger partial charge in [0.25, 0.3) is 10.0 Å². The highest BCUT2D eigenvalue weighted by molar-refractivity contribution is 7.90. The van der Waals surface area contributed by atoms with E-state index in [9.17, 15) is 13.2 Å². The Morgan fingerprint density at radius 2 is 1.86 bits per heavy atom. The third-order valence-corrected chi connectivity index (χ3v) is 6.28. The smallest absolute Gasteiger partial charge is 0.263 e. The fraction of sp³-hybridized carbons (Fsp3) is 0.333. The zero-order valence-corrected chi connectivity index (χ0v) is 18.1. The summed E-state index contributed by atoms with van der Waals surface area (Å²) in [5.41, 5.74) is 1.37. The van der Waals surface area contributed by atoms with Crippen molar-refractivity contribution in [3.05, 3.63) is 64.7 Å². The average molecular weight is 434 g/mol. The summed E-state index contributed by atoms with van der Waals surface area (Å²) in [6.45, 7) is 5.86. The maximum absolute atomic E-state index is 13.0. The zero-order chi connectivity index (χ0) is 21.2. The van der Waals surface area contributed by atoms with Gasteiger partial charge >= 0.3 is 0 Å². The lowest BCUT2D eigenvalue weighted by Gasteiger charge is -2.20. The molecule has 6 nitrogen and oxygen atoms in total. The number of amidine groups is 1. The number of nitrogens with one attached hydrogen (secondary N) is 2. The second-order valence-corrected chi connectivity index (χ2v) is 9.60. The van der Waals surface area contributed by atoms with Gasteiger partial charge < -0.3 is 5.32 Å². The Kier molecular flexibility index (Phi) is 6.29. The first-order valence-electron chi connectivity index (χ1n) is 9.43. The molecule has 154 valence electrons. The number of amides is 1. The van der Waals surface area contributed by atoms with E-state index in [-0.39, 0.29) is 28.6 Å². The van der Waals surface area contributed by atoms with E-state index >= 15 is 0 Å². The van der Waals surface area contributed by atoms with Gasteiger partial charge in [-0.3, -0.25) is 14.5 Å². The first-order chi connectivity index (χ1) is 13.7. The predicted molar refractivity (Wildman–Crippen MR) is 115 cm³/mol. The van der Waals surface area contributed by atoms with Gasteiger partial charge in [-0.25, -0.2) is 8.42 Å². The van der Waals surface area contributed by atoms with Gasteiger partial charge in [0.15, 0.2) is 0 Å². The fourth-order valence-electron chi connectivity index (χ4n) is 3.22. The van der Waals surface area contributed by atoms with E-state index in [1.54, 1.807) is 30.3 Å². The van der Waals surface area contributed by atoms with Gasteiger partial charge in [0.2, 0.25) is 5.91 Å². The Balaban J connectivity index is 1.87. The molecule has 2 atom stereocenters. The number of sulfonamides is 1. The van der Waals surface area contributed by atoms with Crippen molar-refractivity contribution in [2.45, 2.75) is 44.2 Å². The van der Waals surface area contributed by atoms with Gasteiger partial charge in [-0.05, 0) is 49.1 Å². The molecule has 0 spiro atoms. The summed E-state index contributed by atoms with van der Waals surface area (Å²) in [5, 5.41) is 3.56. The number of fused-ring (bicyclic) bond motifs is 1. The van der Waals surface area contributed by atoms with Gasteiger partial charge in [0.05, 0.1) is 10.9 Å². The molecule has 2 N–H and O–H groups in total. The number of aliphatic imine (C=N–C) groups is 1. The predicted octanol–water partition coefficient (Wildman–Crippen LogP) is 3.67. The number of nitrogens with zero attached hydrogens (tertiary/aromatic N) is 1. The molecule has 0 fully saturated rings. The van der Waals surface area contributed by atoms with Crippen LogP contribution in [-0.2, 0) is 14.8 Å². The second kappa shape index (κ2) is 8.55. The molecule has 2 aromatic rings. The second-order valence-electron chi connectivity index (χ2n) is 7.51. The van der Waals surface area contributed by atoms with E-state index in [1.807, 2.05) is 32.9 Å². The highest BCUT2D eigenvalue weighted by Gasteiger charge is 2.32. The number of benzene rings is 2. The van der Waals surface area contributed by atoms with E-state index in [4.69, 9.17) is 11.6 Å². The highest BCUT2D eigenvalue weighted by Crippen LogP contribution is 2.24. The van der Waals surface area contributed by atoms with Crippen molar-refractivity contribution in [1.82, 2.24) is 10.0 Å². The summed E-state index contributed by atoms with van der Waals surface area (Å²) >= 11 is 6.05. The number of rotatable bonds is 6. The van der Waals surface area contributed by atoms with Crippen LogP contribution >= 0.6 is 11.6 Å². The molecule has 2 aromatic carbocycles. The number of hydrogen-bond donors (Lipinski definition) is 2. The van der Waals surface area contributed by atoms with Crippen molar-refractivity contribution in [2.24, 2.45) is 10.9 Å². The minimum atomic E-state index is -3.65. The SMILES string of the molecule is CC(C)CC(N=C1NS(=O)(=O)c2ccccc21)C(=O)NC(C)c1cccc(Cl)c1. The lowest BCUT2D eigenvalue weighted by atomic mass is 10.0. The van der Waals surface area contributed by atoms with Gasteiger partial charge in [-0.1, -0.05) is 49.7 Å². The molecule has 1 heterocycles. The molecule has 29 heavy (non-hydrogen) atoms. The third-order valence-electron chi connectivity index (χ3n) is 4.65.